The van der Waals surface area contributed by atoms with E-state index in [0.717, 1.165) is 24.0 Å². The van der Waals surface area contributed by atoms with Gasteiger partial charge in [0.05, 0.1) is 4.90 Å². The first-order chi connectivity index (χ1) is 10.9. The Hall–Kier alpha value is -0.850. The predicted octanol–water partition coefficient (Wildman–Crippen LogP) is 0.988. The minimum Gasteiger partial charge on any atom is -0.744 e. The number of rotatable bonds is 6. The second-order valence-corrected chi connectivity index (χ2v) is 7.02. The van der Waals surface area contributed by atoms with Crippen molar-refractivity contribution in [2.75, 3.05) is 0 Å². The molecule has 2 atom stereocenters. The molecule has 4 nitrogen and oxygen atoms in total. The molecule has 2 rings (SSSR count). The molecular weight excluding hydrogens is 335 g/mol. The second-order valence-electron chi connectivity index (χ2n) is 5.64. The number of phenols is 1. The quantitative estimate of drug-likeness (QED) is 0.618. The Balaban J connectivity index is 0.00000288. The molecule has 0 aliphatic rings. The normalized spacial score (nSPS) is 13.8. The molecular formula is C18H21NaO4S. The van der Waals surface area contributed by atoms with E-state index >= 15 is 0 Å². The topological polar surface area (TPSA) is 77.4 Å². The van der Waals surface area contributed by atoms with Crippen LogP contribution in [0, 0.1) is 0 Å². The molecule has 0 amide bonds. The van der Waals surface area contributed by atoms with Crippen LogP contribution in [0.25, 0.3) is 0 Å². The van der Waals surface area contributed by atoms with Crippen LogP contribution in [-0.4, -0.2) is 18.1 Å². The summed E-state index contributed by atoms with van der Waals surface area (Å²) in [7, 11) is -4.41. The van der Waals surface area contributed by atoms with Crippen molar-refractivity contribution in [2.24, 2.45) is 0 Å². The largest absolute Gasteiger partial charge is 1.00 e. The molecule has 124 valence electrons. The van der Waals surface area contributed by atoms with Crippen molar-refractivity contribution in [3.05, 3.63) is 59.7 Å². The van der Waals surface area contributed by atoms with Gasteiger partial charge < -0.3 is 9.66 Å². The first-order valence-corrected chi connectivity index (χ1v) is 9.12. The van der Waals surface area contributed by atoms with Gasteiger partial charge in [-0.25, -0.2) is 8.42 Å². The third-order valence-electron chi connectivity index (χ3n) is 4.28. The van der Waals surface area contributed by atoms with Gasteiger partial charge in [0.25, 0.3) is 0 Å². The molecule has 6 heteroatoms. The Morgan fingerprint density at radius 2 is 1.25 bits per heavy atom. The molecule has 0 aromatic heterocycles. The Morgan fingerprint density at radius 1 is 0.875 bits per heavy atom. The van der Waals surface area contributed by atoms with Crippen LogP contribution in [0.4, 0.5) is 0 Å². The smallest absolute Gasteiger partial charge is 0.744 e. The Kier molecular flexibility index (Phi) is 7.96. The number of hydrogen-bond donors (Lipinski definition) is 1. The molecule has 0 radical (unpaired) electrons. The Labute approximate surface area is 166 Å². The standard InChI is InChI=1S/C18H22O4S.Na/c1-3-17(13-5-9-15(19)10-6-13)18(4-2)14-7-11-16(12-8-14)23(20,21)22;/h5-12,17-19H,3-4H2,1-2H3,(H,20,21,22);/q;+1/p-1. The van der Waals surface area contributed by atoms with Crippen LogP contribution in [0.15, 0.2) is 53.4 Å². The number of aromatic hydroxyl groups is 1. The molecule has 0 aliphatic carbocycles. The van der Waals surface area contributed by atoms with Gasteiger partial charge in [0.15, 0.2) is 0 Å². The van der Waals surface area contributed by atoms with Gasteiger partial charge in [-0.2, -0.15) is 0 Å². The third-order valence-corrected chi connectivity index (χ3v) is 5.13. The van der Waals surface area contributed by atoms with E-state index in [0.29, 0.717) is 0 Å². The molecule has 1 N–H and O–H groups in total. The fourth-order valence-electron chi connectivity index (χ4n) is 3.11. The van der Waals surface area contributed by atoms with Crippen LogP contribution in [-0.2, 0) is 10.1 Å². The summed E-state index contributed by atoms with van der Waals surface area (Å²) >= 11 is 0. The van der Waals surface area contributed by atoms with Crippen LogP contribution < -0.4 is 29.6 Å². The molecule has 0 saturated carbocycles. The average molecular weight is 356 g/mol. The summed E-state index contributed by atoms with van der Waals surface area (Å²) in [5.74, 6) is 0.713. The summed E-state index contributed by atoms with van der Waals surface area (Å²) in [6.45, 7) is 4.20. The Morgan fingerprint density at radius 3 is 1.58 bits per heavy atom. The summed E-state index contributed by atoms with van der Waals surface area (Å²) in [5, 5.41) is 9.44. The van der Waals surface area contributed by atoms with Gasteiger partial charge in [-0.1, -0.05) is 38.1 Å². The maximum Gasteiger partial charge on any atom is 1.00 e. The summed E-state index contributed by atoms with van der Waals surface area (Å²) in [6.07, 6.45) is 1.81. The average Bonchev–Trinajstić information content (AvgIpc) is 2.53. The van der Waals surface area contributed by atoms with E-state index in [1.165, 1.54) is 12.1 Å². The number of phenolic OH excluding ortho intramolecular Hbond substituents is 1. The minimum absolute atomic E-state index is 0. The minimum atomic E-state index is -4.41. The van der Waals surface area contributed by atoms with E-state index < -0.39 is 10.1 Å². The third kappa shape index (κ3) is 5.07. The molecule has 24 heavy (non-hydrogen) atoms. The number of benzene rings is 2. The van der Waals surface area contributed by atoms with Crippen molar-refractivity contribution in [3.8, 4) is 5.75 Å². The van der Waals surface area contributed by atoms with Crippen LogP contribution in [0.1, 0.15) is 49.7 Å². The monoisotopic (exact) mass is 356 g/mol. The van der Waals surface area contributed by atoms with E-state index in [-0.39, 0.29) is 52.0 Å². The van der Waals surface area contributed by atoms with Crippen LogP contribution >= 0.6 is 0 Å². The van der Waals surface area contributed by atoms with E-state index in [2.05, 4.69) is 13.8 Å². The molecule has 0 bridgehead atoms. The van der Waals surface area contributed by atoms with Crippen LogP contribution in [0.2, 0.25) is 0 Å². The van der Waals surface area contributed by atoms with Crippen molar-refractivity contribution in [3.63, 3.8) is 0 Å². The van der Waals surface area contributed by atoms with Crippen LogP contribution in [0.5, 0.6) is 5.75 Å². The van der Waals surface area contributed by atoms with E-state index in [1.54, 1.807) is 24.3 Å². The molecule has 0 heterocycles. The van der Waals surface area contributed by atoms with Crippen molar-refractivity contribution < 1.29 is 47.6 Å². The fourth-order valence-corrected chi connectivity index (χ4v) is 3.58. The van der Waals surface area contributed by atoms with Gasteiger partial charge in [-0.15, -0.1) is 0 Å². The SMILES string of the molecule is CCC(c1ccc(O)cc1)C(CC)c1ccc(S(=O)(=O)[O-])cc1.[Na+]. The van der Waals surface area contributed by atoms with E-state index in [4.69, 9.17) is 0 Å². The van der Waals surface area contributed by atoms with Gasteiger partial charge in [0.2, 0.25) is 0 Å². The van der Waals surface area contributed by atoms with Crippen LogP contribution in [0.3, 0.4) is 0 Å². The second kappa shape index (κ2) is 9.02. The van der Waals surface area contributed by atoms with Gasteiger partial charge in [0.1, 0.15) is 15.9 Å². The summed E-state index contributed by atoms with van der Waals surface area (Å²) in [5.41, 5.74) is 2.15. The summed E-state index contributed by atoms with van der Waals surface area (Å²) < 4.78 is 33.1. The van der Waals surface area contributed by atoms with Crippen molar-refractivity contribution in [2.45, 2.75) is 43.4 Å². The zero-order valence-electron chi connectivity index (χ0n) is 14.3. The van der Waals surface area contributed by atoms with Crippen molar-refractivity contribution in [1.82, 2.24) is 0 Å². The maximum absolute atomic E-state index is 11.0. The number of hydrogen-bond acceptors (Lipinski definition) is 4. The molecule has 0 fully saturated rings. The molecule has 2 aromatic carbocycles. The van der Waals surface area contributed by atoms with E-state index in [1.807, 2.05) is 12.1 Å². The molecule has 2 aromatic rings. The summed E-state index contributed by atoms with van der Waals surface area (Å²) in [4.78, 5) is -0.200. The fraction of sp³-hybridized carbons (Fsp3) is 0.333. The van der Waals surface area contributed by atoms with Gasteiger partial charge >= 0.3 is 29.6 Å². The molecule has 0 aliphatic heterocycles. The maximum atomic E-state index is 11.0. The summed E-state index contributed by atoms with van der Waals surface area (Å²) in [6, 6.07) is 13.4. The van der Waals surface area contributed by atoms with Gasteiger partial charge in [-0.3, -0.25) is 0 Å². The molecule has 0 saturated heterocycles. The van der Waals surface area contributed by atoms with Crippen molar-refractivity contribution in [1.29, 1.82) is 0 Å². The van der Waals surface area contributed by atoms with E-state index in [9.17, 15) is 18.1 Å². The van der Waals surface area contributed by atoms with Crippen molar-refractivity contribution >= 4 is 10.1 Å². The zero-order chi connectivity index (χ0) is 17.0. The molecule has 0 spiro atoms. The predicted molar refractivity (Wildman–Crippen MR) is 88.6 cm³/mol. The molecule has 2 unspecified atom stereocenters. The van der Waals surface area contributed by atoms with Gasteiger partial charge in [0, 0.05) is 0 Å². The zero-order valence-corrected chi connectivity index (χ0v) is 17.1. The first kappa shape index (κ1) is 21.2. The first-order valence-electron chi connectivity index (χ1n) is 7.71. The van der Waals surface area contributed by atoms with Gasteiger partial charge in [-0.05, 0) is 60.1 Å². The Bertz CT molecular complexity index is 740.